The lowest BCUT2D eigenvalue weighted by Crippen LogP contribution is -2.57. The number of thiazole rings is 1. The lowest BCUT2D eigenvalue weighted by atomic mass is 9.85. The number of carbonyl (C=O) groups is 4. The fraction of sp³-hybridized carbons (Fsp3) is 0.431. The topological polar surface area (TPSA) is 222 Å². The number of benzene rings is 3. The van der Waals surface area contributed by atoms with Crippen LogP contribution in [0.25, 0.3) is 21.7 Å². The van der Waals surface area contributed by atoms with Gasteiger partial charge in [0.2, 0.25) is 17.7 Å². The van der Waals surface area contributed by atoms with Crippen molar-refractivity contribution >= 4 is 40.8 Å². The van der Waals surface area contributed by atoms with Gasteiger partial charge in [-0.05, 0) is 66.1 Å². The van der Waals surface area contributed by atoms with E-state index in [2.05, 4.69) is 31.1 Å². The van der Waals surface area contributed by atoms with Crippen LogP contribution in [-0.4, -0.2) is 91.8 Å². The number of ether oxygens (including phenoxy) is 1. The highest BCUT2D eigenvalue weighted by Gasteiger charge is 2.44. The van der Waals surface area contributed by atoms with Gasteiger partial charge < -0.3 is 41.5 Å². The molecule has 6 rings (SSSR count). The van der Waals surface area contributed by atoms with Gasteiger partial charge in [-0.2, -0.15) is 0 Å². The van der Waals surface area contributed by atoms with Gasteiger partial charge >= 0.3 is 0 Å². The number of aromatic nitrogens is 3. The number of aliphatic hydroxyl groups excluding tert-OH is 1. The molecule has 3 aromatic carbocycles. The highest BCUT2D eigenvalue weighted by atomic mass is 32.1. The number of nitrogen functional groups attached to an aromatic ring is 1. The summed E-state index contributed by atoms with van der Waals surface area (Å²) in [7, 11) is 0. The molecule has 5 aromatic rings. The zero-order valence-electron chi connectivity index (χ0n) is 38.9. The van der Waals surface area contributed by atoms with E-state index in [9.17, 15) is 29.4 Å². The van der Waals surface area contributed by atoms with Crippen molar-refractivity contribution < 1.29 is 34.1 Å². The van der Waals surface area contributed by atoms with Gasteiger partial charge in [-0.15, -0.1) is 21.5 Å². The molecule has 0 bridgehead atoms. The third-order valence-corrected chi connectivity index (χ3v) is 12.9. The summed E-state index contributed by atoms with van der Waals surface area (Å²) in [5, 5.41) is 37.7. The Hall–Kier alpha value is -6.39. The number of para-hydroxylation sites is 1. The predicted molar refractivity (Wildman–Crippen MR) is 260 cm³/mol. The number of aromatic hydroxyl groups is 1. The smallest absolute Gasteiger partial charge is 0.251 e. The zero-order valence-corrected chi connectivity index (χ0v) is 39.7. The van der Waals surface area contributed by atoms with E-state index in [0.29, 0.717) is 48.6 Å². The molecule has 0 spiro atoms. The van der Waals surface area contributed by atoms with Gasteiger partial charge in [0.1, 0.15) is 23.5 Å². The first-order chi connectivity index (χ1) is 32.2. The Morgan fingerprint density at radius 1 is 0.896 bits per heavy atom. The minimum Gasteiger partial charge on any atom is -0.507 e. The molecular weight excluding hydrogens is 869 g/mol. The van der Waals surface area contributed by atoms with Crippen LogP contribution in [0.4, 0.5) is 5.82 Å². The SMILES string of the molecule is Cc1ncsc1-c1ccc(CNC(=O)[C@@H]2C[C@H](O)CN2C(=O)[C@@H](NC(=O)CCCCCCCCCNC(=O)c2ccc(CCOc3cc(-c4ccccc4O)nnc3N)cc2)C(C)(C)C)cc1. The van der Waals surface area contributed by atoms with Crippen LogP contribution in [0.3, 0.4) is 0 Å². The summed E-state index contributed by atoms with van der Waals surface area (Å²) in [6, 6.07) is 22.1. The number of nitrogens with two attached hydrogens (primary N) is 1. The summed E-state index contributed by atoms with van der Waals surface area (Å²) < 4.78 is 5.89. The Kier molecular flexibility index (Phi) is 17.8. The van der Waals surface area contributed by atoms with E-state index >= 15 is 0 Å². The van der Waals surface area contributed by atoms with Crippen molar-refractivity contribution in [2.45, 2.75) is 117 Å². The maximum atomic E-state index is 14.0. The van der Waals surface area contributed by atoms with E-state index in [4.69, 9.17) is 10.5 Å². The third kappa shape index (κ3) is 14.3. The number of carbonyl (C=O) groups excluding carboxylic acids is 4. The number of anilines is 1. The molecule has 16 heteroatoms. The number of likely N-dealkylation sites (tertiary alicyclic amines) is 1. The number of phenols is 1. The van der Waals surface area contributed by atoms with Crippen LogP contribution < -0.4 is 26.4 Å². The molecule has 3 atom stereocenters. The lowest BCUT2D eigenvalue weighted by molar-refractivity contribution is -0.144. The molecule has 7 N–H and O–H groups in total. The maximum Gasteiger partial charge on any atom is 0.251 e. The summed E-state index contributed by atoms with van der Waals surface area (Å²) >= 11 is 1.58. The second-order valence-electron chi connectivity index (χ2n) is 18.2. The van der Waals surface area contributed by atoms with Crippen LogP contribution in [0.5, 0.6) is 11.5 Å². The quantitative estimate of drug-likeness (QED) is 0.0383. The van der Waals surface area contributed by atoms with Crippen molar-refractivity contribution in [1.82, 2.24) is 36.0 Å². The summed E-state index contributed by atoms with van der Waals surface area (Å²) in [5.74, 6) is -0.426. The van der Waals surface area contributed by atoms with Crippen molar-refractivity contribution in [3.63, 3.8) is 0 Å². The van der Waals surface area contributed by atoms with Crippen LogP contribution >= 0.6 is 11.3 Å². The Balaban J connectivity index is 0.830. The number of aliphatic hydroxyl groups is 1. The first-order valence-corrected chi connectivity index (χ1v) is 24.0. The summed E-state index contributed by atoms with van der Waals surface area (Å²) in [6.45, 7) is 8.84. The molecule has 1 fully saturated rings. The number of nitrogens with one attached hydrogen (secondary N) is 3. The molecule has 1 aliphatic heterocycles. The molecule has 356 valence electrons. The van der Waals surface area contributed by atoms with Gasteiger partial charge in [0.25, 0.3) is 5.91 Å². The average Bonchev–Trinajstić information content (AvgIpc) is 3.93. The lowest BCUT2D eigenvalue weighted by Gasteiger charge is -2.35. The van der Waals surface area contributed by atoms with E-state index in [1.807, 2.05) is 69.6 Å². The number of unbranched alkanes of at least 4 members (excludes halogenated alkanes) is 6. The second-order valence-corrected chi connectivity index (χ2v) is 19.1. The van der Waals surface area contributed by atoms with Crippen molar-refractivity contribution in [1.29, 1.82) is 0 Å². The molecule has 3 heterocycles. The second kappa shape index (κ2) is 23.9. The van der Waals surface area contributed by atoms with E-state index in [1.54, 1.807) is 53.8 Å². The summed E-state index contributed by atoms with van der Waals surface area (Å²) in [4.78, 5) is 60.2. The number of aryl methyl sites for hydroxylation is 1. The Bertz CT molecular complexity index is 2440. The maximum absolute atomic E-state index is 14.0. The third-order valence-electron chi connectivity index (χ3n) is 11.9. The van der Waals surface area contributed by atoms with E-state index in [1.165, 1.54) is 4.90 Å². The molecule has 0 unspecified atom stereocenters. The number of phenolic OH excluding ortho intramolecular Hbond substituents is 1. The van der Waals surface area contributed by atoms with Gasteiger partial charge in [0.15, 0.2) is 11.6 Å². The molecule has 0 aliphatic carbocycles. The summed E-state index contributed by atoms with van der Waals surface area (Å²) in [5.41, 5.74) is 12.7. The number of hydrogen-bond acceptors (Lipinski definition) is 12. The predicted octanol–water partition coefficient (Wildman–Crippen LogP) is 7.14. The van der Waals surface area contributed by atoms with Crippen molar-refractivity contribution in [2.24, 2.45) is 5.41 Å². The highest BCUT2D eigenvalue weighted by molar-refractivity contribution is 7.13. The van der Waals surface area contributed by atoms with Crippen LogP contribution in [0.1, 0.15) is 106 Å². The first kappa shape index (κ1) is 50.0. The molecule has 4 amide bonds. The molecule has 2 aromatic heterocycles. The van der Waals surface area contributed by atoms with Gasteiger partial charge in [-0.3, -0.25) is 19.2 Å². The fourth-order valence-corrected chi connectivity index (χ4v) is 8.85. The van der Waals surface area contributed by atoms with Crippen LogP contribution in [0.15, 0.2) is 84.4 Å². The van der Waals surface area contributed by atoms with E-state index < -0.39 is 23.6 Å². The Morgan fingerprint density at radius 3 is 2.27 bits per heavy atom. The van der Waals surface area contributed by atoms with Crippen LogP contribution in [0.2, 0.25) is 0 Å². The van der Waals surface area contributed by atoms with Gasteiger partial charge in [-0.1, -0.05) is 101 Å². The molecule has 0 radical (unpaired) electrons. The van der Waals surface area contributed by atoms with Gasteiger partial charge in [0.05, 0.1) is 28.8 Å². The Morgan fingerprint density at radius 2 is 1.58 bits per heavy atom. The number of rotatable bonds is 22. The molecular formula is C51H64N8O7S. The number of β-amino-alcohol motifs (C(OH)–C–C–N with tert-alkyl or cyclic N) is 1. The number of nitrogens with zero attached hydrogens (tertiary/aromatic N) is 4. The minimum absolute atomic E-state index is 0.0241. The summed E-state index contributed by atoms with van der Waals surface area (Å²) in [6.07, 6.45) is 6.59. The number of hydrogen-bond donors (Lipinski definition) is 6. The van der Waals surface area contributed by atoms with Crippen LogP contribution in [-0.2, 0) is 27.3 Å². The normalized spacial score (nSPS) is 15.2. The Labute approximate surface area is 397 Å². The zero-order chi connectivity index (χ0) is 47.9. The minimum atomic E-state index is -0.862. The van der Waals surface area contributed by atoms with E-state index in [0.717, 1.165) is 65.8 Å². The molecule has 1 aliphatic rings. The first-order valence-electron chi connectivity index (χ1n) is 23.1. The van der Waals surface area contributed by atoms with Crippen molar-refractivity contribution in [2.75, 3.05) is 25.4 Å². The number of amides is 4. The fourth-order valence-electron chi connectivity index (χ4n) is 8.03. The largest absolute Gasteiger partial charge is 0.507 e. The highest BCUT2D eigenvalue weighted by Crippen LogP contribution is 2.31. The molecule has 15 nitrogen and oxygen atoms in total. The van der Waals surface area contributed by atoms with Crippen molar-refractivity contribution in [3.8, 4) is 33.2 Å². The van der Waals surface area contributed by atoms with Crippen molar-refractivity contribution in [3.05, 3.63) is 107 Å². The monoisotopic (exact) mass is 932 g/mol. The van der Waals surface area contributed by atoms with Crippen LogP contribution in [0, 0.1) is 12.3 Å². The molecule has 0 saturated carbocycles. The van der Waals surface area contributed by atoms with Gasteiger partial charge in [-0.25, -0.2) is 4.98 Å². The molecule has 67 heavy (non-hydrogen) atoms. The molecule has 1 saturated heterocycles. The van der Waals surface area contributed by atoms with E-state index in [-0.39, 0.29) is 61.1 Å². The van der Waals surface area contributed by atoms with Gasteiger partial charge in [0, 0.05) is 56.1 Å². The standard InChI is InChI=1S/C51H64N8O7S/c1-33-45(67-32-55-33)36-21-19-35(20-22-36)30-54-49(64)41-28-38(60)31-59(41)50(65)46(51(2,3)4)56-44(62)16-10-8-6-5-7-9-13-26-53-48(63)37-23-17-34(18-24-37)25-27-66-43-29-40(57-58-47(43)52)39-14-11-12-15-42(39)61/h11-12,14-15,17-24,29,32,38,41,46,60-61H,5-10,13,16,25-28,30-31H2,1-4H3,(H2,52,58)(H,53,63)(H,54,64)(H,56,62)/t38-,41-,46+/m0/s1. The average molecular weight is 933 g/mol.